The highest BCUT2D eigenvalue weighted by Gasteiger charge is 2.13. The van der Waals surface area contributed by atoms with Gasteiger partial charge in [-0.1, -0.05) is 37.3 Å². The van der Waals surface area contributed by atoms with Crippen LogP contribution in [0.2, 0.25) is 0 Å². The summed E-state index contributed by atoms with van der Waals surface area (Å²) >= 11 is 0. The van der Waals surface area contributed by atoms with E-state index in [2.05, 4.69) is 5.32 Å². The van der Waals surface area contributed by atoms with E-state index in [0.29, 0.717) is 19.7 Å². The van der Waals surface area contributed by atoms with E-state index >= 15 is 0 Å². The highest BCUT2D eigenvalue weighted by Crippen LogP contribution is 2.04. The van der Waals surface area contributed by atoms with Crippen LogP contribution in [0.15, 0.2) is 30.3 Å². The predicted octanol–water partition coefficient (Wildman–Crippen LogP) is 0.914. The van der Waals surface area contributed by atoms with E-state index in [9.17, 15) is 4.79 Å². The molecule has 1 unspecified atom stereocenters. The van der Waals surface area contributed by atoms with Gasteiger partial charge in [0.05, 0.1) is 5.92 Å². The van der Waals surface area contributed by atoms with Crippen LogP contribution in [0.4, 0.5) is 0 Å². The van der Waals surface area contributed by atoms with Gasteiger partial charge >= 0.3 is 5.97 Å². The lowest BCUT2D eigenvalue weighted by molar-refractivity contribution is -0.149. The summed E-state index contributed by atoms with van der Waals surface area (Å²) in [5.74, 6) is -0.330. The summed E-state index contributed by atoms with van der Waals surface area (Å²) in [5.41, 5.74) is 6.35. The fourth-order valence-corrected chi connectivity index (χ4v) is 1.37. The molecule has 0 amide bonds. The molecule has 1 rings (SSSR count). The quantitative estimate of drug-likeness (QED) is 0.545. The monoisotopic (exact) mass is 236 g/mol. The highest BCUT2D eigenvalue weighted by atomic mass is 16.5. The Kier molecular flexibility index (Phi) is 6.29. The molecule has 0 saturated carbocycles. The van der Waals surface area contributed by atoms with Gasteiger partial charge in [0.1, 0.15) is 6.61 Å². The molecule has 0 saturated heterocycles. The Labute approximate surface area is 102 Å². The Hall–Kier alpha value is -1.39. The van der Waals surface area contributed by atoms with Gasteiger partial charge in [-0.05, 0) is 5.56 Å². The summed E-state index contributed by atoms with van der Waals surface area (Å²) in [5, 5.41) is 3.09. The molecule has 4 heteroatoms. The summed E-state index contributed by atoms with van der Waals surface area (Å²) in [6.07, 6.45) is 0. The zero-order valence-electron chi connectivity index (χ0n) is 10.2. The second-order valence-electron chi connectivity index (χ2n) is 3.99. The van der Waals surface area contributed by atoms with Crippen molar-refractivity contribution < 1.29 is 9.53 Å². The van der Waals surface area contributed by atoms with Crippen molar-refractivity contribution in [3.63, 3.8) is 0 Å². The Morgan fingerprint density at radius 3 is 2.76 bits per heavy atom. The molecule has 0 aliphatic heterocycles. The second-order valence-corrected chi connectivity index (χ2v) is 3.99. The van der Waals surface area contributed by atoms with Crippen molar-refractivity contribution in [1.82, 2.24) is 5.32 Å². The van der Waals surface area contributed by atoms with Gasteiger partial charge in [-0.3, -0.25) is 4.79 Å². The van der Waals surface area contributed by atoms with E-state index in [1.807, 2.05) is 37.3 Å². The van der Waals surface area contributed by atoms with Gasteiger partial charge in [0.15, 0.2) is 0 Å². The summed E-state index contributed by atoms with van der Waals surface area (Å²) in [6.45, 7) is 4.07. The number of ether oxygens (including phenoxy) is 1. The molecule has 94 valence electrons. The molecule has 1 aromatic carbocycles. The summed E-state index contributed by atoms with van der Waals surface area (Å²) in [6, 6.07) is 9.66. The van der Waals surface area contributed by atoms with Crippen LogP contribution in [0.5, 0.6) is 0 Å². The van der Waals surface area contributed by atoms with Crippen molar-refractivity contribution in [1.29, 1.82) is 0 Å². The van der Waals surface area contributed by atoms with Crippen LogP contribution in [0.3, 0.4) is 0 Å². The normalized spacial score (nSPS) is 12.1. The minimum Gasteiger partial charge on any atom is -0.461 e. The lowest BCUT2D eigenvalue weighted by Crippen LogP contribution is -2.31. The Morgan fingerprint density at radius 1 is 1.41 bits per heavy atom. The standard InChI is InChI=1S/C13H20N2O2/c1-11(9-15-8-7-14)13(16)17-10-12-5-3-2-4-6-12/h2-6,11,15H,7-10,14H2,1H3. The van der Waals surface area contributed by atoms with E-state index < -0.39 is 0 Å². The van der Waals surface area contributed by atoms with Gasteiger partial charge in [-0.2, -0.15) is 0 Å². The van der Waals surface area contributed by atoms with Gasteiger partial charge < -0.3 is 15.8 Å². The molecule has 1 aromatic rings. The maximum Gasteiger partial charge on any atom is 0.310 e. The first kappa shape index (κ1) is 13.7. The molecule has 0 bridgehead atoms. The van der Waals surface area contributed by atoms with Crippen LogP contribution in [-0.4, -0.2) is 25.6 Å². The molecular weight excluding hydrogens is 216 g/mol. The van der Waals surface area contributed by atoms with Gasteiger partial charge in [0, 0.05) is 19.6 Å². The van der Waals surface area contributed by atoms with Crippen molar-refractivity contribution in [2.24, 2.45) is 11.7 Å². The number of rotatable bonds is 7. The molecule has 0 aliphatic carbocycles. The van der Waals surface area contributed by atoms with Crippen molar-refractivity contribution in [3.05, 3.63) is 35.9 Å². The minimum absolute atomic E-state index is 0.148. The number of benzene rings is 1. The first-order valence-electron chi connectivity index (χ1n) is 5.85. The number of esters is 1. The van der Waals surface area contributed by atoms with E-state index in [-0.39, 0.29) is 11.9 Å². The third-order valence-corrected chi connectivity index (χ3v) is 2.40. The minimum atomic E-state index is -0.182. The SMILES string of the molecule is CC(CNCCN)C(=O)OCc1ccccc1. The maximum atomic E-state index is 11.6. The smallest absolute Gasteiger partial charge is 0.310 e. The van der Waals surface area contributed by atoms with Gasteiger partial charge in [0.2, 0.25) is 0 Å². The lowest BCUT2D eigenvalue weighted by atomic mass is 10.2. The van der Waals surface area contributed by atoms with Crippen molar-refractivity contribution in [2.45, 2.75) is 13.5 Å². The van der Waals surface area contributed by atoms with Crippen LogP contribution in [-0.2, 0) is 16.1 Å². The number of nitrogens with two attached hydrogens (primary N) is 1. The summed E-state index contributed by atoms with van der Waals surface area (Å²) in [7, 11) is 0. The van der Waals surface area contributed by atoms with Gasteiger partial charge in [-0.25, -0.2) is 0 Å². The van der Waals surface area contributed by atoms with Crippen LogP contribution < -0.4 is 11.1 Å². The van der Waals surface area contributed by atoms with Crippen LogP contribution in [0, 0.1) is 5.92 Å². The first-order chi connectivity index (χ1) is 8.24. The van der Waals surface area contributed by atoms with E-state index in [0.717, 1.165) is 12.1 Å². The zero-order chi connectivity index (χ0) is 12.5. The van der Waals surface area contributed by atoms with Crippen LogP contribution >= 0.6 is 0 Å². The van der Waals surface area contributed by atoms with E-state index in [1.54, 1.807) is 0 Å². The molecular formula is C13H20N2O2. The topological polar surface area (TPSA) is 64.3 Å². The lowest BCUT2D eigenvalue weighted by Gasteiger charge is -2.12. The summed E-state index contributed by atoms with van der Waals surface area (Å²) < 4.78 is 5.21. The number of hydrogen-bond donors (Lipinski definition) is 2. The fraction of sp³-hybridized carbons (Fsp3) is 0.462. The number of hydrogen-bond acceptors (Lipinski definition) is 4. The Balaban J connectivity index is 2.24. The fourth-order valence-electron chi connectivity index (χ4n) is 1.37. The summed E-state index contributed by atoms with van der Waals surface area (Å²) in [4.78, 5) is 11.6. The van der Waals surface area contributed by atoms with Crippen molar-refractivity contribution in [3.8, 4) is 0 Å². The third kappa shape index (κ3) is 5.47. The largest absolute Gasteiger partial charge is 0.461 e. The Morgan fingerprint density at radius 2 is 2.12 bits per heavy atom. The second kappa shape index (κ2) is 7.81. The van der Waals surface area contributed by atoms with E-state index in [4.69, 9.17) is 10.5 Å². The number of nitrogens with one attached hydrogen (secondary N) is 1. The maximum absolute atomic E-state index is 11.6. The number of carbonyl (C=O) groups is 1. The van der Waals surface area contributed by atoms with Crippen molar-refractivity contribution >= 4 is 5.97 Å². The molecule has 0 spiro atoms. The average Bonchev–Trinajstić information content (AvgIpc) is 2.37. The first-order valence-corrected chi connectivity index (χ1v) is 5.85. The Bertz CT molecular complexity index is 327. The molecule has 17 heavy (non-hydrogen) atoms. The molecule has 0 radical (unpaired) electrons. The highest BCUT2D eigenvalue weighted by molar-refractivity contribution is 5.72. The molecule has 0 aliphatic rings. The van der Waals surface area contributed by atoms with Crippen LogP contribution in [0.1, 0.15) is 12.5 Å². The number of carbonyl (C=O) groups excluding carboxylic acids is 1. The molecule has 1 atom stereocenters. The van der Waals surface area contributed by atoms with Crippen LogP contribution in [0.25, 0.3) is 0 Å². The van der Waals surface area contributed by atoms with Gasteiger partial charge in [0.25, 0.3) is 0 Å². The van der Waals surface area contributed by atoms with Crippen molar-refractivity contribution in [2.75, 3.05) is 19.6 Å². The molecule has 0 heterocycles. The zero-order valence-corrected chi connectivity index (χ0v) is 10.2. The average molecular weight is 236 g/mol. The van der Waals surface area contributed by atoms with E-state index in [1.165, 1.54) is 0 Å². The third-order valence-electron chi connectivity index (χ3n) is 2.40. The molecule has 4 nitrogen and oxygen atoms in total. The molecule has 0 aromatic heterocycles. The molecule has 0 fully saturated rings. The van der Waals surface area contributed by atoms with Gasteiger partial charge in [-0.15, -0.1) is 0 Å². The molecule has 3 N–H and O–H groups in total. The predicted molar refractivity (Wildman–Crippen MR) is 67.3 cm³/mol.